The number of hydrogen-bond donors (Lipinski definition) is 0. The van der Waals surface area contributed by atoms with E-state index < -0.39 is 0 Å². The van der Waals surface area contributed by atoms with Crippen LogP contribution in [0.5, 0.6) is 0 Å². The summed E-state index contributed by atoms with van der Waals surface area (Å²) in [5.74, 6) is 1.67. The summed E-state index contributed by atoms with van der Waals surface area (Å²) in [4.78, 5) is 0. The van der Waals surface area contributed by atoms with Crippen molar-refractivity contribution in [3.63, 3.8) is 0 Å². The van der Waals surface area contributed by atoms with Crippen molar-refractivity contribution < 1.29 is 4.74 Å². The van der Waals surface area contributed by atoms with Crippen LogP contribution in [0.2, 0.25) is 0 Å². The largest absolute Gasteiger partial charge is 0.501 e. The molecule has 0 amide bonds. The second-order valence-electron chi connectivity index (χ2n) is 2.84. The molecule has 0 heterocycles. The summed E-state index contributed by atoms with van der Waals surface area (Å²) >= 11 is 0. The lowest BCUT2D eigenvalue weighted by Gasteiger charge is -2.17. The van der Waals surface area contributed by atoms with E-state index in [0.29, 0.717) is 5.92 Å². The topological polar surface area (TPSA) is 9.23 Å². The van der Waals surface area contributed by atoms with E-state index in [2.05, 4.69) is 26.0 Å². The molecule has 1 heteroatoms. The molecule has 0 saturated heterocycles. The minimum absolute atomic E-state index is 0.564. The zero-order chi connectivity index (χ0) is 7.56. The van der Waals surface area contributed by atoms with E-state index in [0.717, 1.165) is 12.2 Å². The molecular weight excluding hydrogens is 124 g/mol. The van der Waals surface area contributed by atoms with Gasteiger partial charge in [-0.3, -0.25) is 0 Å². The molecule has 1 rings (SSSR count). The first-order valence-corrected chi connectivity index (χ1v) is 3.66. The van der Waals surface area contributed by atoms with Crippen LogP contribution in [0.3, 0.4) is 0 Å². The predicted molar refractivity (Wildman–Crippen MR) is 42.6 cm³/mol. The van der Waals surface area contributed by atoms with Crippen LogP contribution in [0.4, 0.5) is 0 Å². The highest BCUT2D eigenvalue weighted by Gasteiger charge is 2.11. The van der Waals surface area contributed by atoms with E-state index in [1.807, 2.05) is 0 Å². The summed E-state index contributed by atoms with van der Waals surface area (Å²) in [5, 5.41) is 0. The van der Waals surface area contributed by atoms with Crippen molar-refractivity contribution in [2.24, 2.45) is 5.92 Å². The van der Waals surface area contributed by atoms with Gasteiger partial charge in [0, 0.05) is 5.92 Å². The maximum absolute atomic E-state index is 5.19. The summed E-state index contributed by atoms with van der Waals surface area (Å²) in [7, 11) is 1.74. The zero-order valence-electron chi connectivity index (χ0n) is 6.85. The summed E-state index contributed by atoms with van der Waals surface area (Å²) in [6.45, 7) is 4.28. The first kappa shape index (κ1) is 7.39. The Bertz CT molecular complexity index is 177. The van der Waals surface area contributed by atoms with Crippen LogP contribution in [-0.2, 0) is 4.74 Å². The fraction of sp³-hybridized carbons (Fsp3) is 0.556. The Hall–Kier alpha value is -0.720. The molecular formula is C9H14O. The molecule has 1 nitrogen and oxygen atoms in total. The van der Waals surface area contributed by atoms with Gasteiger partial charge in [-0.15, -0.1) is 0 Å². The van der Waals surface area contributed by atoms with Gasteiger partial charge < -0.3 is 4.74 Å². The van der Waals surface area contributed by atoms with Crippen LogP contribution in [0.15, 0.2) is 23.5 Å². The van der Waals surface area contributed by atoms with E-state index in [1.165, 1.54) is 5.57 Å². The molecule has 0 fully saturated rings. The van der Waals surface area contributed by atoms with Crippen LogP contribution in [0, 0.1) is 5.92 Å². The van der Waals surface area contributed by atoms with Gasteiger partial charge in [0.1, 0.15) is 0 Å². The monoisotopic (exact) mass is 138 g/mol. The molecule has 0 bridgehead atoms. The van der Waals surface area contributed by atoms with Crippen molar-refractivity contribution in [1.82, 2.24) is 0 Å². The van der Waals surface area contributed by atoms with Crippen LogP contribution >= 0.6 is 0 Å². The molecule has 0 N–H and O–H groups in total. The van der Waals surface area contributed by atoms with Crippen molar-refractivity contribution >= 4 is 0 Å². The fourth-order valence-electron chi connectivity index (χ4n) is 1.16. The smallest absolute Gasteiger partial charge is 0.0989 e. The van der Waals surface area contributed by atoms with E-state index in [1.54, 1.807) is 7.11 Å². The standard InChI is InChI=1S/C9H14O/c1-7-4-5-8(2)9(6-7)10-3/h4,6,8H,5H2,1-3H3. The minimum Gasteiger partial charge on any atom is -0.501 e. The van der Waals surface area contributed by atoms with Gasteiger partial charge >= 0.3 is 0 Å². The molecule has 0 aromatic heterocycles. The molecule has 0 spiro atoms. The number of methoxy groups -OCH3 is 1. The molecule has 0 saturated carbocycles. The zero-order valence-corrected chi connectivity index (χ0v) is 6.85. The summed E-state index contributed by atoms with van der Waals surface area (Å²) in [5.41, 5.74) is 1.31. The molecule has 0 aliphatic heterocycles. The van der Waals surface area contributed by atoms with Gasteiger partial charge in [-0.25, -0.2) is 0 Å². The van der Waals surface area contributed by atoms with Crippen molar-refractivity contribution in [2.75, 3.05) is 7.11 Å². The first-order chi connectivity index (χ1) is 4.74. The van der Waals surface area contributed by atoms with E-state index in [-0.39, 0.29) is 0 Å². The maximum Gasteiger partial charge on any atom is 0.0989 e. The third-order valence-corrected chi connectivity index (χ3v) is 1.88. The number of ether oxygens (including phenoxy) is 1. The number of rotatable bonds is 1. The Balaban J connectivity index is 2.73. The Morgan fingerprint density at radius 1 is 1.60 bits per heavy atom. The van der Waals surface area contributed by atoms with Gasteiger partial charge in [0.15, 0.2) is 0 Å². The van der Waals surface area contributed by atoms with Crippen LogP contribution < -0.4 is 0 Å². The first-order valence-electron chi connectivity index (χ1n) is 3.66. The molecule has 56 valence electrons. The maximum atomic E-state index is 5.19. The Labute approximate surface area is 62.4 Å². The second kappa shape index (κ2) is 2.91. The third kappa shape index (κ3) is 1.41. The van der Waals surface area contributed by atoms with Gasteiger partial charge in [0.05, 0.1) is 12.9 Å². The highest BCUT2D eigenvalue weighted by molar-refractivity contribution is 5.24. The highest BCUT2D eigenvalue weighted by Crippen LogP contribution is 2.23. The van der Waals surface area contributed by atoms with Crippen molar-refractivity contribution in [1.29, 1.82) is 0 Å². The lowest BCUT2D eigenvalue weighted by molar-refractivity contribution is 0.245. The SMILES string of the molecule is COC1=CC(C)=CCC1C. The molecule has 1 aliphatic rings. The molecule has 1 unspecified atom stereocenters. The third-order valence-electron chi connectivity index (χ3n) is 1.88. The lowest BCUT2D eigenvalue weighted by atomic mass is 9.97. The van der Waals surface area contributed by atoms with Gasteiger partial charge in [0.2, 0.25) is 0 Å². The Kier molecular flexibility index (Phi) is 2.15. The average molecular weight is 138 g/mol. The van der Waals surface area contributed by atoms with E-state index >= 15 is 0 Å². The molecule has 1 aliphatic carbocycles. The predicted octanol–water partition coefficient (Wildman–Crippen LogP) is 2.50. The van der Waals surface area contributed by atoms with Crippen LogP contribution in [-0.4, -0.2) is 7.11 Å². The summed E-state index contributed by atoms with van der Waals surface area (Å²) in [6, 6.07) is 0. The summed E-state index contributed by atoms with van der Waals surface area (Å²) in [6.07, 6.45) is 5.47. The Morgan fingerprint density at radius 2 is 2.30 bits per heavy atom. The summed E-state index contributed by atoms with van der Waals surface area (Å²) < 4.78 is 5.19. The van der Waals surface area contributed by atoms with Gasteiger partial charge in [-0.2, -0.15) is 0 Å². The van der Waals surface area contributed by atoms with Crippen LogP contribution in [0.1, 0.15) is 20.3 Å². The molecule has 1 atom stereocenters. The van der Waals surface area contributed by atoms with Gasteiger partial charge in [-0.05, 0) is 19.4 Å². The second-order valence-corrected chi connectivity index (χ2v) is 2.84. The minimum atomic E-state index is 0.564. The van der Waals surface area contributed by atoms with Gasteiger partial charge in [0.25, 0.3) is 0 Å². The lowest BCUT2D eigenvalue weighted by Crippen LogP contribution is -2.04. The number of allylic oxidation sites excluding steroid dienone is 4. The Morgan fingerprint density at radius 3 is 2.80 bits per heavy atom. The van der Waals surface area contributed by atoms with Crippen molar-refractivity contribution in [3.8, 4) is 0 Å². The van der Waals surface area contributed by atoms with E-state index in [9.17, 15) is 0 Å². The molecule has 0 aromatic carbocycles. The van der Waals surface area contributed by atoms with Crippen LogP contribution in [0.25, 0.3) is 0 Å². The number of hydrogen-bond acceptors (Lipinski definition) is 1. The quantitative estimate of drug-likeness (QED) is 0.541. The van der Waals surface area contributed by atoms with Crippen molar-refractivity contribution in [2.45, 2.75) is 20.3 Å². The van der Waals surface area contributed by atoms with Crippen molar-refractivity contribution in [3.05, 3.63) is 23.5 Å². The molecule has 0 aromatic rings. The average Bonchev–Trinajstić information content (AvgIpc) is 1.94. The highest BCUT2D eigenvalue weighted by atomic mass is 16.5. The molecule has 0 radical (unpaired) electrons. The fourth-order valence-corrected chi connectivity index (χ4v) is 1.16. The normalized spacial score (nSPS) is 25.3. The molecule has 10 heavy (non-hydrogen) atoms. The van der Waals surface area contributed by atoms with E-state index in [4.69, 9.17) is 4.74 Å². The van der Waals surface area contributed by atoms with Gasteiger partial charge in [-0.1, -0.05) is 18.6 Å².